The van der Waals surface area contributed by atoms with Gasteiger partial charge in [-0.1, -0.05) is 0 Å². The van der Waals surface area contributed by atoms with Crippen LogP contribution in [-0.4, -0.2) is 47.3 Å². The molecule has 23 heavy (non-hydrogen) atoms. The lowest BCUT2D eigenvalue weighted by atomic mass is 10.2. The fourth-order valence-electron chi connectivity index (χ4n) is 2.73. The van der Waals surface area contributed by atoms with E-state index in [4.69, 9.17) is 4.98 Å². The molecule has 0 unspecified atom stereocenters. The molecule has 0 aromatic heterocycles. The summed E-state index contributed by atoms with van der Waals surface area (Å²) in [4.78, 5) is 10.4. The van der Waals surface area contributed by atoms with Crippen LogP contribution in [0.2, 0.25) is 0 Å². The minimum atomic E-state index is 1.05. The van der Waals surface area contributed by atoms with Crippen LogP contribution >= 0.6 is 11.3 Å². The van der Waals surface area contributed by atoms with E-state index in [1.807, 2.05) is 11.3 Å². The maximum Gasteiger partial charge on any atom is 0.224 e. The highest BCUT2D eigenvalue weighted by Crippen LogP contribution is 2.36. The number of hydrogen-bond acceptors (Lipinski definition) is 4. The molecule has 0 amide bonds. The highest BCUT2D eigenvalue weighted by atomic mass is 32.1. The summed E-state index contributed by atoms with van der Waals surface area (Å²) in [5, 5.41) is 1.21. The van der Waals surface area contributed by atoms with Gasteiger partial charge in [0.15, 0.2) is 0 Å². The Morgan fingerprint density at radius 2 is 1.70 bits per heavy atom. The second kappa shape index (κ2) is 5.81. The average Bonchev–Trinajstić information content (AvgIpc) is 2.50. The van der Waals surface area contributed by atoms with Crippen LogP contribution in [0.3, 0.4) is 0 Å². The quantitative estimate of drug-likeness (QED) is 0.533. The molecule has 0 spiro atoms. The molecule has 3 rings (SSSR count). The zero-order valence-electron chi connectivity index (χ0n) is 14.6. The molecule has 2 aliphatic rings. The van der Waals surface area contributed by atoms with Crippen LogP contribution in [0.4, 0.5) is 11.4 Å². The molecule has 1 aliphatic heterocycles. The Labute approximate surface area is 141 Å². The summed E-state index contributed by atoms with van der Waals surface area (Å²) in [6.45, 7) is 0. The maximum absolute atomic E-state index is 4.87. The summed E-state index contributed by atoms with van der Waals surface area (Å²) in [5.41, 5.74) is 4.53. The van der Waals surface area contributed by atoms with E-state index in [0.29, 0.717) is 0 Å². The lowest BCUT2D eigenvalue weighted by Crippen LogP contribution is -2.29. The van der Waals surface area contributed by atoms with Crippen LogP contribution in [0.1, 0.15) is 0 Å². The zero-order chi connectivity index (χ0) is 16.7. The Morgan fingerprint density at radius 1 is 0.957 bits per heavy atom. The summed E-state index contributed by atoms with van der Waals surface area (Å²) in [6.07, 6.45) is 0. The lowest BCUT2D eigenvalue weighted by molar-refractivity contribution is 0.809. The van der Waals surface area contributed by atoms with Gasteiger partial charge in [-0.25, -0.2) is 9.56 Å². The second-order valence-corrected chi connectivity index (χ2v) is 7.38. The number of hydrogen-bond donors (Lipinski definition) is 0. The molecule has 1 aliphatic carbocycles. The predicted molar refractivity (Wildman–Crippen MR) is 102 cm³/mol. The number of fused-ring (bicyclic) bond motifs is 2. The third-order valence-electron chi connectivity index (χ3n) is 3.93. The van der Waals surface area contributed by atoms with Gasteiger partial charge in [0.1, 0.15) is 19.8 Å². The number of nitrogens with zero attached hydrogens (tertiary/aromatic N) is 4. The minimum Gasteiger partial charge on any atom is -0.378 e. The Morgan fingerprint density at radius 3 is 2.30 bits per heavy atom. The van der Waals surface area contributed by atoms with Crippen LogP contribution in [0.5, 0.6) is 0 Å². The van der Waals surface area contributed by atoms with Crippen molar-refractivity contribution in [3.8, 4) is 10.6 Å². The fourth-order valence-corrected chi connectivity index (χ4v) is 3.95. The van der Waals surface area contributed by atoms with Crippen LogP contribution in [0.15, 0.2) is 30.3 Å². The molecule has 0 radical (unpaired) electrons. The van der Waals surface area contributed by atoms with Crippen LogP contribution in [0.25, 0.3) is 20.8 Å². The molecule has 0 bridgehead atoms. The second-order valence-electron chi connectivity index (χ2n) is 6.33. The number of benzene rings is 2. The van der Waals surface area contributed by atoms with Crippen molar-refractivity contribution < 1.29 is 0 Å². The van der Waals surface area contributed by atoms with Gasteiger partial charge in [0.25, 0.3) is 0 Å². The summed E-state index contributed by atoms with van der Waals surface area (Å²) in [6, 6.07) is 10.7. The van der Waals surface area contributed by atoms with E-state index in [1.165, 1.54) is 26.3 Å². The van der Waals surface area contributed by atoms with Gasteiger partial charge in [-0.3, -0.25) is 0 Å². The highest BCUT2D eigenvalue weighted by molar-refractivity contribution is 7.22. The molecule has 0 saturated heterocycles. The summed E-state index contributed by atoms with van der Waals surface area (Å²) in [5.74, 6) is 0. The number of rotatable bonds is 2. The van der Waals surface area contributed by atoms with Crippen LogP contribution in [-0.2, 0) is 0 Å². The molecular formula is C18H23N4S+. The molecule has 1 aromatic carbocycles. The third-order valence-corrected chi connectivity index (χ3v) is 5.08. The van der Waals surface area contributed by atoms with Crippen molar-refractivity contribution in [1.82, 2.24) is 9.56 Å². The van der Waals surface area contributed by atoms with Crippen molar-refractivity contribution in [2.75, 3.05) is 52.1 Å². The number of anilines is 2. The number of aromatic nitrogens is 1. The van der Waals surface area contributed by atoms with Gasteiger partial charge in [-0.15, -0.1) is 11.3 Å². The first kappa shape index (κ1) is 15.7. The molecule has 120 valence electrons. The van der Waals surface area contributed by atoms with Crippen molar-refractivity contribution in [1.29, 1.82) is 0 Å². The first-order valence-corrected chi connectivity index (χ1v) is 8.42. The Hall–Kier alpha value is -2.14. The van der Waals surface area contributed by atoms with Gasteiger partial charge in [0, 0.05) is 39.9 Å². The normalized spacial score (nSPS) is 11.0. The lowest BCUT2D eigenvalue weighted by Gasteiger charge is -2.18. The average molecular weight is 327 g/mol. The van der Waals surface area contributed by atoms with E-state index in [9.17, 15) is 0 Å². The maximum atomic E-state index is 4.87. The van der Waals surface area contributed by atoms with Crippen molar-refractivity contribution in [3.63, 3.8) is 0 Å². The predicted octanol–water partition coefficient (Wildman–Crippen LogP) is 2.56. The van der Waals surface area contributed by atoms with Crippen molar-refractivity contribution in [2.24, 2.45) is 0 Å². The van der Waals surface area contributed by atoms with Crippen molar-refractivity contribution >= 4 is 32.9 Å². The first-order valence-electron chi connectivity index (χ1n) is 7.61. The van der Waals surface area contributed by atoms with Crippen LogP contribution in [0, 0.1) is 0 Å². The van der Waals surface area contributed by atoms with E-state index < -0.39 is 0 Å². The highest BCUT2D eigenvalue weighted by Gasteiger charge is 2.18. The minimum absolute atomic E-state index is 1.05. The first-order chi connectivity index (χ1) is 10.9. The van der Waals surface area contributed by atoms with Gasteiger partial charge in [0.05, 0.1) is 20.8 Å². The summed E-state index contributed by atoms with van der Waals surface area (Å²) in [7, 11) is 12.5. The summed E-state index contributed by atoms with van der Waals surface area (Å²) >= 11 is 1.81. The van der Waals surface area contributed by atoms with Gasteiger partial charge in [0.2, 0.25) is 5.36 Å². The smallest absolute Gasteiger partial charge is 0.224 e. The largest absolute Gasteiger partial charge is 0.378 e. The topological polar surface area (TPSA) is 22.4 Å². The Kier molecular flexibility index (Phi) is 3.98. The summed E-state index contributed by atoms with van der Waals surface area (Å²) < 4.78 is 3.37. The van der Waals surface area contributed by atoms with E-state index in [1.54, 1.807) is 0 Å². The molecule has 0 fully saturated rings. The van der Waals surface area contributed by atoms with E-state index in [2.05, 4.69) is 87.0 Å². The fraction of sp³-hybridized carbons (Fsp3) is 0.333. The zero-order valence-corrected chi connectivity index (χ0v) is 15.4. The monoisotopic (exact) mass is 327 g/mol. The molecule has 5 heteroatoms. The van der Waals surface area contributed by atoms with Crippen molar-refractivity contribution in [2.45, 2.75) is 0 Å². The Balaban J connectivity index is 2.42. The molecule has 0 saturated carbocycles. The molecule has 4 nitrogen and oxygen atoms in total. The standard InChI is InChI=1S/C18H23N4S/c1-20(2)12-7-8-13-16(11-12)23-18-14(19-13)9-10-15(21(3)4)17(18)22(5)6/h7-11H,1-6H3/q+1. The molecular weight excluding hydrogens is 304 g/mol. The van der Waals surface area contributed by atoms with Gasteiger partial charge >= 0.3 is 0 Å². The molecule has 1 aromatic rings. The van der Waals surface area contributed by atoms with E-state index in [-0.39, 0.29) is 0 Å². The van der Waals surface area contributed by atoms with Gasteiger partial charge in [-0.2, -0.15) is 0 Å². The van der Waals surface area contributed by atoms with E-state index in [0.717, 1.165) is 11.2 Å². The van der Waals surface area contributed by atoms with E-state index >= 15 is 0 Å². The molecule has 0 N–H and O–H groups in total. The van der Waals surface area contributed by atoms with Crippen LogP contribution < -0.4 is 19.7 Å². The van der Waals surface area contributed by atoms with Crippen molar-refractivity contribution in [3.05, 3.63) is 35.7 Å². The SMILES string of the molecule is CN(C)c1ccc2nc3ccc(=[N+](C)C)c(N(C)C)c-3sc2c1. The molecule has 1 heterocycles. The molecule has 0 atom stereocenters. The van der Waals surface area contributed by atoms with Gasteiger partial charge < -0.3 is 9.80 Å². The third kappa shape index (κ3) is 2.77. The Bertz CT molecular complexity index is 905. The van der Waals surface area contributed by atoms with Gasteiger partial charge in [-0.05, 0) is 24.3 Å².